The van der Waals surface area contributed by atoms with Crippen molar-refractivity contribution in [3.05, 3.63) is 0 Å². The SMILES string of the molecule is CC(CO)C1(O)CCC1. The van der Waals surface area contributed by atoms with Gasteiger partial charge in [-0.25, -0.2) is 0 Å². The lowest BCUT2D eigenvalue weighted by molar-refractivity contribution is -0.0912. The average molecular weight is 130 g/mol. The number of rotatable bonds is 2. The van der Waals surface area contributed by atoms with Crippen molar-refractivity contribution in [2.45, 2.75) is 31.8 Å². The Morgan fingerprint density at radius 2 is 2.11 bits per heavy atom. The van der Waals surface area contributed by atoms with Gasteiger partial charge in [-0.3, -0.25) is 0 Å². The lowest BCUT2D eigenvalue weighted by Gasteiger charge is -2.40. The van der Waals surface area contributed by atoms with Crippen molar-refractivity contribution in [3.8, 4) is 0 Å². The van der Waals surface area contributed by atoms with Crippen LogP contribution in [0.2, 0.25) is 0 Å². The van der Waals surface area contributed by atoms with E-state index < -0.39 is 5.60 Å². The first-order valence-corrected chi connectivity index (χ1v) is 3.52. The van der Waals surface area contributed by atoms with Crippen LogP contribution in [0.4, 0.5) is 0 Å². The Balaban J connectivity index is 2.38. The van der Waals surface area contributed by atoms with E-state index in [9.17, 15) is 5.11 Å². The molecule has 0 heterocycles. The van der Waals surface area contributed by atoms with Crippen molar-refractivity contribution in [2.75, 3.05) is 6.61 Å². The molecule has 2 nitrogen and oxygen atoms in total. The van der Waals surface area contributed by atoms with E-state index in [-0.39, 0.29) is 12.5 Å². The number of aliphatic hydroxyl groups excluding tert-OH is 1. The van der Waals surface area contributed by atoms with Gasteiger partial charge in [-0.2, -0.15) is 0 Å². The first-order chi connectivity index (χ1) is 4.19. The molecule has 1 rings (SSSR count). The number of hydrogen-bond acceptors (Lipinski definition) is 2. The molecule has 54 valence electrons. The second kappa shape index (κ2) is 2.27. The van der Waals surface area contributed by atoms with Crippen LogP contribution in [0.5, 0.6) is 0 Å². The van der Waals surface area contributed by atoms with Gasteiger partial charge in [-0.1, -0.05) is 6.92 Å². The maximum absolute atomic E-state index is 9.52. The minimum atomic E-state index is -0.519. The van der Waals surface area contributed by atoms with Crippen molar-refractivity contribution in [1.29, 1.82) is 0 Å². The van der Waals surface area contributed by atoms with E-state index in [4.69, 9.17) is 5.11 Å². The summed E-state index contributed by atoms with van der Waals surface area (Å²) in [6.07, 6.45) is 2.85. The summed E-state index contributed by atoms with van der Waals surface area (Å²) in [7, 11) is 0. The maximum Gasteiger partial charge on any atom is 0.0695 e. The fraction of sp³-hybridized carbons (Fsp3) is 1.00. The second-order valence-electron chi connectivity index (χ2n) is 3.04. The summed E-state index contributed by atoms with van der Waals surface area (Å²) in [5.74, 6) is 0.0613. The molecular formula is C7H14O2. The fourth-order valence-electron chi connectivity index (χ4n) is 1.20. The Kier molecular flexibility index (Phi) is 1.78. The molecule has 0 aromatic heterocycles. The minimum Gasteiger partial charge on any atom is -0.396 e. The van der Waals surface area contributed by atoms with Gasteiger partial charge in [0, 0.05) is 12.5 Å². The fourth-order valence-corrected chi connectivity index (χ4v) is 1.20. The summed E-state index contributed by atoms with van der Waals surface area (Å²) in [5.41, 5.74) is -0.519. The molecule has 0 aromatic carbocycles. The van der Waals surface area contributed by atoms with Crippen LogP contribution in [-0.4, -0.2) is 22.4 Å². The van der Waals surface area contributed by atoms with Gasteiger partial charge in [-0.05, 0) is 19.3 Å². The third-order valence-electron chi connectivity index (χ3n) is 2.41. The van der Waals surface area contributed by atoms with Gasteiger partial charge in [0.15, 0.2) is 0 Å². The molecule has 0 amide bonds. The van der Waals surface area contributed by atoms with Crippen LogP contribution in [0.3, 0.4) is 0 Å². The molecule has 1 fully saturated rings. The zero-order valence-electron chi connectivity index (χ0n) is 5.80. The van der Waals surface area contributed by atoms with E-state index in [0.717, 1.165) is 19.3 Å². The first-order valence-electron chi connectivity index (χ1n) is 3.52. The third-order valence-corrected chi connectivity index (χ3v) is 2.41. The molecule has 1 unspecified atom stereocenters. The van der Waals surface area contributed by atoms with E-state index >= 15 is 0 Å². The minimum absolute atomic E-state index is 0.0613. The Hall–Kier alpha value is -0.0800. The van der Waals surface area contributed by atoms with E-state index in [1.54, 1.807) is 0 Å². The van der Waals surface area contributed by atoms with Gasteiger partial charge >= 0.3 is 0 Å². The molecule has 1 aliphatic carbocycles. The van der Waals surface area contributed by atoms with Crippen molar-refractivity contribution < 1.29 is 10.2 Å². The Bertz CT molecular complexity index is 97.1. The summed E-state index contributed by atoms with van der Waals surface area (Å²) in [4.78, 5) is 0. The van der Waals surface area contributed by atoms with Crippen LogP contribution in [0.1, 0.15) is 26.2 Å². The molecule has 1 saturated carbocycles. The van der Waals surface area contributed by atoms with Gasteiger partial charge < -0.3 is 10.2 Å². The van der Waals surface area contributed by atoms with E-state index in [0.29, 0.717) is 0 Å². The molecular weight excluding hydrogens is 116 g/mol. The van der Waals surface area contributed by atoms with Gasteiger partial charge in [0.2, 0.25) is 0 Å². The van der Waals surface area contributed by atoms with Crippen LogP contribution >= 0.6 is 0 Å². The topological polar surface area (TPSA) is 40.5 Å². The summed E-state index contributed by atoms with van der Waals surface area (Å²) >= 11 is 0. The highest BCUT2D eigenvalue weighted by Crippen LogP contribution is 2.37. The zero-order chi connectivity index (χ0) is 6.91. The highest BCUT2D eigenvalue weighted by Gasteiger charge is 2.39. The lowest BCUT2D eigenvalue weighted by atomic mass is 9.72. The van der Waals surface area contributed by atoms with E-state index in [1.165, 1.54) is 0 Å². The highest BCUT2D eigenvalue weighted by atomic mass is 16.3. The standard InChI is InChI=1S/C7H14O2/c1-6(5-8)7(9)3-2-4-7/h6,8-9H,2-5H2,1H3. The predicted molar refractivity (Wildman–Crippen MR) is 35.1 cm³/mol. The van der Waals surface area contributed by atoms with Gasteiger partial charge in [-0.15, -0.1) is 0 Å². The molecule has 1 atom stereocenters. The summed E-state index contributed by atoms with van der Waals surface area (Å²) in [6, 6.07) is 0. The van der Waals surface area contributed by atoms with Crippen LogP contribution in [0.15, 0.2) is 0 Å². The molecule has 0 aromatic rings. The number of hydrogen-bond donors (Lipinski definition) is 2. The van der Waals surface area contributed by atoms with E-state index in [1.807, 2.05) is 6.92 Å². The molecule has 2 heteroatoms. The average Bonchev–Trinajstić information content (AvgIpc) is 1.81. The van der Waals surface area contributed by atoms with Crippen molar-refractivity contribution in [3.63, 3.8) is 0 Å². The van der Waals surface area contributed by atoms with Crippen LogP contribution < -0.4 is 0 Å². The van der Waals surface area contributed by atoms with Crippen molar-refractivity contribution >= 4 is 0 Å². The van der Waals surface area contributed by atoms with Gasteiger partial charge in [0.25, 0.3) is 0 Å². The molecule has 0 saturated heterocycles. The summed E-state index contributed by atoms with van der Waals surface area (Å²) in [5, 5.41) is 18.2. The molecule has 9 heavy (non-hydrogen) atoms. The summed E-state index contributed by atoms with van der Waals surface area (Å²) < 4.78 is 0. The van der Waals surface area contributed by atoms with Gasteiger partial charge in [0.1, 0.15) is 0 Å². The monoisotopic (exact) mass is 130 g/mol. The van der Waals surface area contributed by atoms with Gasteiger partial charge in [0.05, 0.1) is 5.60 Å². The van der Waals surface area contributed by atoms with Crippen LogP contribution in [-0.2, 0) is 0 Å². The summed E-state index contributed by atoms with van der Waals surface area (Å²) in [6.45, 7) is 2.00. The molecule has 0 aliphatic heterocycles. The Morgan fingerprint density at radius 1 is 1.56 bits per heavy atom. The first kappa shape index (κ1) is 7.03. The predicted octanol–water partition coefficient (Wildman–Crippen LogP) is 0.530. The second-order valence-corrected chi connectivity index (χ2v) is 3.04. The molecule has 0 bridgehead atoms. The zero-order valence-corrected chi connectivity index (χ0v) is 5.80. The number of aliphatic hydroxyl groups is 2. The molecule has 2 N–H and O–H groups in total. The van der Waals surface area contributed by atoms with Crippen LogP contribution in [0.25, 0.3) is 0 Å². The molecule has 0 radical (unpaired) electrons. The largest absolute Gasteiger partial charge is 0.396 e. The maximum atomic E-state index is 9.52. The molecule has 1 aliphatic rings. The Morgan fingerprint density at radius 3 is 2.22 bits per heavy atom. The van der Waals surface area contributed by atoms with Crippen LogP contribution in [0, 0.1) is 5.92 Å². The van der Waals surface area contributed by atoms with Crippen molar-refractivity contribution in [1.82, 2.24) is 0 Å². The molecule has 0 spiro atoms. The van der Waals surface area contributed by atoms with E-state index in [2.05, 4.69) is 0 Å². The lowest BCUT2D eigenvalue weighted by Crippen LogP contribution is -2.44. The smallest absolute Gasteiger partial charge is 0.0695 e. The quantitative estimate of drug-likeness (QED) is 0.572. The Labute approximate surface area is 55.5 Å². The third kappa shape index (κ3) is 1.10. The highest BCUT2D eigenvalue weighted by molar-refractivity contribution is 4.91. The normalized spacial score (nSPS) is 27.0. The van der Waals surface area contributed by atoms with Crippen molar-refractivity contribution in [2.24, 2.45) is 5.92 Å².